The summed E-state index contributed by atoms with van der Waals surface area (Å²) < 4.78 is 10.8. The third-order valence-corrected chi connectivity index (χ3v) is 4.46. The van der Waals surface area contributed by atoms with Gasteiger partial charge in [-0.3, -0.25) is 4.98 Å². The molecule has 0 saturated carbocycles. The average molecular weight is 341 g/mol. The van der Waals surface area contributed by atoms with Crippen molar-refractivity contribution in [2.45, 2.75) is 25.8 Å². The van der Waals surface area contributed by atoms with E-state index in [9.17, 15) is 4.79 Å². The first-order valence-electron chi connectivity index (χ1n) is 8.34. The summed E-state index contributed by atoms with van der Waals surface area (Å²) in [5.41, 5.74) is 2.62. The zero-order valence-electron chi connectivity index (χ0n) is 14.8. The van der Waals surface area contributed by atoms with Crippen LogP contribution in [-0.2, 0) is 0 Å². The minimum atomic E-state index is -0.106. The maximum Gasteiger partial charge on any atom is 0.322 e. The molecule has 0 bridgehead atoms. The number of nitrogens with zero attached hydrogens (tertiary/aromatic N) is 2. The number of anilines is 1. The zero-order chi connectivity index (χ0) is 17.8. The predicted octanol–water partition coefficient (Wildman–Crippen LogP) is 3.78. The molecule has 1 saturated heterocycles. The molecule has 1 aliphatic heterocycles. The monoisotopic (exact) mass is 341 g/mol. The molecule has 6 nitrogen and oxygen atoms in total. The lowest BCUT2D eigenvalue weighted by Gasteiger charge is -2.26. The Morgan fingerprint density at radius 2 is 2.08 bits per heavy atom. The van der Waals surface area contributed by atoms with Gasteiger partial charge in [0.1, 0.15) is 11.5 Å². The largest absolute Gasteiger partial charge is 0.497 e. The number of likely N-dealkylation sites (tertiary alicyclic amines) is 1. The van der Waals surface area contributed by atoms with Crippen LogP contribution in [0, 0.1) is 6.92 Å². The predicted molar refractivity (Wildman–Crippen MR) is 96.2 cm³/mol. The Morgan fingerprint density at radius 3 is 2.80 bits per heavy atom. The van der Waals surface area contributed by atoms with E-state index in [2.05, 4.69) is 10.3 Å². The van der Waals surface area contributed by atoms with Gasteiger partial charge in [-0.15, -0.1) is 0 Å². The van der Waals surface area contributed by atoms with Crippen molar-refractivity contribution in [3.05, 3.63) is 47.8 Å². The molecule has 1 fully saturated rings. The summed E-state index contributed by atoms with van der Waals surface area (Å²) in [6.07, 6.45) is 3.56. The number of amides is 2. The minimum Gasteiger partial charge on any atom is -0.497 e. The van der Waals surface area contributed by atoms with E-state index >= 15 is 0 Å². The number of aryl methyl sites for hydroxylation is 1. The number of ether oxygens (including phenoxy) is 2. The molecule has 25 heavy (non-hydrogen) atoms. The Balaban J connectivity index is 1.81. The van der Waals surface area contributed by atoms with E-state index in [0.29, 0.717) is 0 Å². The lowest BCUT2D eigenvalue weighted by Crippen LogP contribution is -2.34. The van der Waals surface area contributed by atoms with Crippen LogP contribution in [0.4, 0.5) is 10.5 Å². The summed E-state index contributed by atoms with van der Waals surface area (Å²) in [6.45, 7) is 2.62. The van der Waals surface area contributed by atoms with Gasteiger partial charge in [0.05, 0.1) is 20.3 Å². The number of aromatic nitrogens is 1. The van der Waals surface area contributed by atoms with Gasteiger partial charge >= 0.3 is 6.03 Å². The van der Waals surface area contributed by atoms with Gasteiger partial charge in [-0.2, -0.15) is 0 Å². The van der Waals surface area contributed by atoms with Crippen molar-refractivity contribution in [3.8, 4) is 11.5 Å². The molecule has 1 atom stereocenters. The van der Waals surface area contributed by atoms with Crippen LogP contribution >= 0.6 is 0 Å². The van der Waals surface area contributed by atoms with Gasteiger partial charge in [0.2, 0.25) is 0 Å². The van der Waals surface area contributed by atoms with Crippen molar-refractivity contribution in [1.82, 2.24) is 9.88 Å². The number of rotatable bonds is 4. The minimum absolute atomic E-state index is 0.0104. The fraction of sp³-hybridized carbons (Fsp3) is 0.368. The van der Waals surface area contributed by atoms with E-state index < -0.39 is 0 Å². The number of benzene rings is 1. The summed E-state index contributed by atoms with van der Waals surface area (Å²) in [5, 5.41) is 2.97. The number of methoxy groups -OCH3 is 2. The van der Waals surface area contributed by atoms with Crippen LogP contribution < -0.4 is 14.8 Å². The highest BCUT2D eigenvalue weighted by Gasteiger charge is 2.32. The van der Waals surface area contributed by atoms with Crippen molar-refractivity contribution >= 4 is 11.7 Å². The van der Waals surface area contributed by atoms with Crippen LogP contribution in [0.2, 0.25) is 0 Å². The molecule has 0 aliphatic carbocycles. The first-order chi connectivity index (χ1) is 12.1. The fourth-order valence-electron chi connectivity index (χ4n) is 3.25. The molecular weight excluding hydrogens is 318 g/mol. The Bertz CT molecular complexity index is 763. The second kappa shape index (κ2) is 7.42. The molecule has 6 heteroatoms. The molecular formula is C19H23N3O3. The Morgan fingerprint density at radius 1 is 1.24 bits per heavy atom. The average Bonchev–Trinajstić information content (AvgIpc) is 3.10. The molecule has 1 N–H and O–H groups in total. The summed E-state index contributed by atoms with van der Waals surface area (Å²) in [5.74, 6) is 1.48. The molecule has 1 unspecified atom stereocenters. The molecule has 1 aromatic heterocycles. The van der Waals surface area contributed by atoms with E-state index in [4.69, 9.17) is 9.47 Å². The van der Waals surface area contributed by atoms with Crippen LogP contribution in [0.5, 0.6) is 11.5 Å². The lowest BCUT2D eigenvalue weighted by molar-refractivity contribution is 0.206. The van der Waals surface area contributed by atoms with Gasteiger partial charge < -0.3 is 19.7 Å². The standard InChI is InChI=1S/C19H23N3O3/c1-13-11-14(8-9-20-13)21-19(23)22-10-4-5-17(22)16-7-6-15(24-2)12-18(16)25-3/h6-9,11-12,17H,4-5,10H2,1-3H3,(H,20,21,23). The van der Waals surface area contributed by atoms with Gasteiger partial charge in [-0.1, -0.05) is 0 Å². The number of pyridine rings is 1. The topological polar surface area (TPSA) is 63.7 Å². The zero-order valence-corrected chi connectivity index (χ0v) is 14.8. The van der Waals surface area contributed by atoms with E-state index in [0.717, 1.165) is 47.8 Å². The second-order valence-electron chi connectivity index (χ2n) is 6.08. The number of hydrogen-bond donors (Lipinski definition) is 1. The first-order valence-corrected chi connectivity index (χ1v) is 8.34. The number of hydrogen-bond acceptors (Lipinski definition) is 4. The maximum atomic E-state index is 12.8. The van der Waals surface area contributed by atoms with Crippen molar-refractivity contribution in [1.29, 1.82) is 0 Å². The quantitative estimate of drug-likeness (QED) is 0.919. The van der Waals surface area contributed by atoms with Crippen molar-refractivity contribution in [2.75, 3.05) is 26.1 Å². The van der Waals surface area contributed by atoms with Crippen molar-refractivity contribution in [3.63, 3.8) is 0 Å². The summed E-state index contributed by atoms with van der Waals surface area (Å²) >= 11 is 0. The maximum absolute atomic E-state index is 12.8. The van der Waals surface area contributed by atoms with Crippen LogP contribution in [0.15, 0.2) is 36.5 Å². The summed E-state index contributed by atoms with van der Waals surface area (Å²) in [4.78, 5) is 18.8. The SMILES string of the molecule is COc1ccc(C2CCCN2C(=O)Nc2ccnc(C)c2)c(OC)c1. The smallest absolute Gasteiger partial charge is 0.322 e. The molecule has 0 spiro atoms. The lowest BCUT2D eigenvalue weighted by atomic mass is 10.0. The first kappa shape index (κ1) is 17.1. The third kappa shape index (κ3) is 3.68. The van der Waals surface area contributed by atoms with E-state index in [1.165, 1.54) is 0 Å². The van der Waals surface area contributed by atoms with Crippen molar-refractivity contribution < 1.29 is 14.3 Å². The molecule has 3 rings (SSSR count). The van der Waals surface area contributed by atoms with Gasteiger partial charge in [0, 0.05) is 35.8 Å². The molecule has 132 valence electrons. The Labute approximate surface area is 147 Å². The van der Waals surface area contributed by atoms with Gasteiger partial charge in [-0.05, 0) is 44.0 Å². The molecule has 1 aromatic carbocycles. The van der Waals surface area contributed by atoms with Gasteiger partial charge in [0.25, 0.3) is 0 Å². The molecule has 2 heterocycles. The van der Waals surface area contributed by atoms with Gasteiger partial charge in [0.15, 0.2) is 0 Å². The molecule has 2 aromatic rings. The number of carbonyl (C=O) groups is 1. The molecule has 2 amide bonds. The normalized spacial score (nSPS) is 16.6. The van der Waals surface area contributed by atoms with Crippen LogP contribution in [0.1, 0.15) is 30.1 Å². The molecule has 1 aliphatic rings. The van der Waals surface area contributed by atoms with E-state index in [-0.39, 0.29) is 12.1 Å². The van der Waals surface area contributed by atoms with Crippen LogP contribution in [0.25, 0.3) is 0 Å². The second-order valence-corrected chi connectivity index (χ2v) is 6.08. The Hall–Kier alpha value is -2.76. The van der Waals surface area contributed by atoms with Crippen LogP contribution in [0.3, 0.4) is 0 Å². The highest BCUT2D eigenvalue weighted by Crippen LogP contribution is 2.38. The van der Waals surface area contributed by atoms with Gasteiger partial charge in [-0.25, -0.2) is 4.79 Å². The number of urea groups is 1. The Kier molecular flexibility index (Phi) is 5.07. The number of nitrogens with one attached hydrogen (secondary N) is 1. The highest BCUT2D eigenvalue weighted by atomic mass is 16.5. The van der Waals surface area contributed by atoms with E-state index in [1.807, 2.05) is 36.1 Å². The van der Waals surface area contributed by atoms with Crippen molar-refractivity contribution in [2.24, 2.45) is 0 Å². The summed E-state index contributed by atoms with van der Waals surface area (Å²) in [7, 11) is 3.26. The highest BCUT2D eigenvalue weighted by molar-refractivity contribution is 5.89. The molecule has 0 radical (unpaired) electrons. The van der Waals surface area contributed by atoms with Crippen LogP contribution in [-0.4, -0.2) is 36.7 Å². The summed E-state index contributed by atoms with van der Waals surface area (Å²) in [6, 6.07) is 9.27. The van der Waals surface area contributed by atoms with E-state index in [1.54, 1.807) is 26.5 Å². The number of carbonyl (C=O) groups excluding carboxylic acids is 1. The third-order valence-electron chi connectivity index (χ3n) is 4.46. The fourth-order valence-corrected chi connectivity index (χ4v) is 3.25.